The van der Waals surface area contributed by atoms with Gasteiger partial charge in [-0.25, -0.2) is 23.6 Å². The van der Waals surface area contributed by atoms with Crippen LogP contribution in [0.3, 0.4) is 0 Å². The van der Waals surface area contributed by atoms with Gasteiger partial charge in [-0.3, -0.25) is 4.79 Å². The zero-order chi connectivity index (χ0) is 20.4. The quantitative estimate of drug-likeness (QED) is 0.501. The van der Waals surface area contributed by atoms with Crippen LogP contribution in [-0.2, 0) is 4.79 Å². The minimum atomic E-state index is -0.433. The first kappa shape index (κ1) is 18.4. The van der Waals surface area contributed by atoms with Crippen LogP contribution < -0.4 is 4.90 Å². The van der Waals surface area contributed by atoms with Crippen LogP contribution in [0.15, 0.2) is 71.6 Å². The topological polar surface area (TPSA) is 72.1 Å². The summed E-state index contributed by atoms with van der Waals surface area (Å²) in [5.74, 6) is -1.08. The second kappa shape index (κ2) is 7.59. The summed E-state index contributed by atoms with van der Waals surface area (Å²) >= 11 is 0. The van der Waals surface area contributed by atoms with Gasteiger partial charge in [0, 0.05) is 18.7 Å². The highest BCUT2D eigenvalue weighted by Crippen LogP contribution is 2.41. The Morgan fingerprint density at radius 3 is 2.21 bits per heavy atom. The van der Waals surface area contributed by atoms with E-state index in [1.54, 1.807) is 24.4 Å². The van der Waals surface area contributed by atoms with Crippen LogP contribution in [0, 0.1) is 11.6 Å². The summed E-state index contributed by atoms with van der Waals surface area (Å²) < 4.78 is 32.3. The lowest BCUT2D eigenvalue weighted by molar-refractivity contribution is -0.116. The van der Waals surface area contributed by atoms with Crippen molar-refractivity contribution < 1.29 is 18.1 Å². The number of benzene rings is 2. The van der Waals surface area contributed by atoms with Crippen LogP contribution in [0.2, 0.25) is 0 Å². The molecule has 8 heteroatoms. The van der Waals surface area contributed by atoms with Crippen LogP contribution in [0.25, 0.3) is 22.5 Å². The Balaban J connectivity index is 1.94. The molecule has 0 aliphatic carbocycles. The zero-order valence-electron chi connectivity index (χ0n) is 15.2. The van der Waals surface area contributed by atoms with E-state index in [-0.39, 0.29) is 11.8 Å². The van der Waals surface area contributed by atoms with Crippen molar-refractivity contribution in [3.05, 3.63) is 78.8 Å². The number of amides is 1. The van der Waals surface area contributed by atoms with Crippen molar-refractivity contribution in [1.29, 1.82) is 0 Å². The number of anilines is 2. The molecule has 0 radical (unpaired) electrons. The molecule has 0 N–H and O–H groups in total. The molecule has 0 saturated carbocycles. The van der Waals surface area contributed by atoms with Crippen molar-refractivity contribution in [2.24, 2.45) is 0 Å². The monoisotopic (exact) mass is 392 g/mol. The number of halogens is 2. The van der Waals surface area contributed by atoms with E-state index in [4.69, 9.17) is 4.52 Å². The van der Waals surface area contributed by atoms with Gasteiger partial charge in [0.1, 0.15) is 23.7 Å². The molecular weight excluding hydrogens is 378 g/mol. The molecule has 0 atom stereocenters. The molecule has 144 valence electrons. The Kier molecular flexibility index (Phi) is 4.82. The number of hydrogen-bond acceptors (Lipinski definition) is 5. The van der Waals surface area contributed by atoms with Gasteiger partial charge < -0.3 is 4.52 Å². The van der Waals surface area contributed by atoms with E-state index in [1.807, 2.05) is 0 Å². The maximum absolute atomic E-state index is 13.4. The van der Waals surface area contributed by atoms with Crippen LogP contribution in [0.5, 0.6) is 0 Å². The summed E-state index contributed by atoms with van der Waals surface area (Å²) in [6.07, 6.45) is 2.90. The van der Waals surface area contributed by atoms with Gasteiger partial charge in [-0.1, -0.05) is 5.16 Å². The van der Waals surface area contributed by atoms with E-state index in [0.717, 1.165) is 0 Å². The number of hydrogen-bond donors (Lipinski definition) is 0. The average Bonchev–Trinajstić information content (AvgIpc) is 3.15. The van der Waals surface area contributed by atoms with Crippen molar-refractivity contribution >= 4 is 17.5 Å². The molecule has 4 rings (SSSR count). The standard InChI is InChI=1S/C21H14F2N4O2/c1-13(28)27(17-8-6-16(23)7-9-17)21-19(18-10-11-24-12-25-18)20(26-29-21)14-2-4-15(22)5-3-14/h2-12H,1H3. The molecule has 0 bridgehead atoms. The van der Waals surface area contributed by atoms with E-state index < -0.39 is 11.6 Å². The van der Waals surface area contributed by atoms with Crippen LogP contribution in [0.1, 0.15) is 6.92 Å². The van der Waals surface area contributed by atoms with Gasteiger partial charge in [0.2, 0.25) is 11.8 Å². The maximum atomic E-state index is 13.4. The predicted molar refractivity (Wildman–Crippen MR) is 102 cm³/mol. The molecule has 0 unspecified atom stereocenters. The van der Waals surface area contributed by atoms with E-state index >= 15 is 0 Å². The first-order valence-electron chi connectivity index (χ1n) is 8.63. The fourth-order valence-electron chi connectivity index (χ4n) is 2.94. The second-order valence-electron chi connectivity index (χ2n) is 6.14. The van der Waals surface area contributed by atoms with Gasteiger partial charge in [0.25, 0.3) is 0 Å². The zero-order valence-corrected chi connectivity index (χ0v) is 15.2. The highest BCUT2D eigenvalue weighted by Gasteiger charge is 2.28. The fraction of sp³-hybridized carbons (Fsp3) is 0.0476. The fourth-order valence-corrected chi connectivity index (χ4v) is 2.94. The average molecular weight is 392 g/mol. The van der Waals surface area contributed by atoms with Gasteiger partial charge in [-0.2, -0.15) is 0 Å². The molecule has 0 saturated heterocycles. The SMILES string of the molecule is CC(=O)N(c1ccc(F)cc1)c1onc(-c2ccc(F)cc2)c1-c1ccncn1. The molecule has 0 aliphatic heterocycles. The molecule has 0 aliphatic rings. The summed E-state index contributed by atoms with van der Waals surface area (Å²) in [5.41, 5.74) is 2.25. The first-order chi connectivity index (χ1) is 14.0. The third kappa shape index (κ3) is 3.60. The Bertz CT molecular complexity index is 1140. The lowest BCUT2D eigenvalue weighted by Crippen LogP contribution is -2.22. The molecular formula is C21H14F2N4O2. The minimum Gasteiger partial charge on any atom is -0.336 e. The first-order valence-corrected chi connectivity index (χ1v) is 8.63. The Morgan fingerprint density at radius 2 is 1.62 bits per heavy atom. The largest absolute Gasteiger partial charge is 0.336 e. The number of rotatable bonds is 4. The van der Waals surface area contributed by atoms with E-state index in [1.165, 1.54) is 54.5 Å². The van der Waals surface area contributed by atoms with Crippen molar-refractivity contribution in [2.75, 3.05) is 4.90 Å². The van der Waals surface area contributed by atoms with E-state index in [9.17, 15) is 13.6 Å². The van der Waals surface area contributed by atoms with Crippen molar-refractivity contribution in [3.63, 3.8) is 0 Å². The number of carbonyl (C=O) groups is 1. The highest BCUT2D eigenvalue weighted by molar-refractivity contribution is 6.02. The number of nitrogens with zero attached hydrogens (tertiary/aromatic N) is 4. The minimum absolute atomic E-state index is 0.113. The molecule has 6 nitrogen and oxygen atoms in total. The van der Waals surface area contributed by atoms with E-state index in [0.29, 0.717) is 28.2 Å². The predicted octanol–water partition coefficient (Wildman–Crippen LogP) is 4.76. The van der Waals surface area contributed by atoms with Crippen molar-refractivity contribution in [1.82, 2.24) is 15.1 Å². The molecule has 0 spiro atoms. The van der Waals surface area contributed by atoms with Gasteiger partial charge in [-0.15, -0.1) is 0 Å². The van der Waals surface area contributed by atoms with Gasteiger partial charge in [0.05, 0.1) is 16.9 Å². The third-order valence-electron chi connectivity index (χ3n) is 4.23. The molecule has 2 aromatic carbocycles. The van der Waals surface area contributed by atoms with E-state index in [2.05, 4.69) is 15.1 Å². The molecule has 0 fully saturated rings. The van der Waals surface area contributed by atoms with Gasteiger partial charge in [0.15, 0.2) is 0 Å². The van der Waals surface area contributed by atoms with Crippen LogP contribution >= 0.6 is 0 Å². The molecule has 2 aromatic heterocycles. The Hall–Kier alpha value is -3.94. The van der Waals surface area contributed by atoms with Crippen LogP contribution in [0.4, 0.5) is 20.4 Å². The lowest BCUT2D eigenvalue weighted by Gasteiger charge is -2.19. The Labute approximate surface area is 164 Å². The summed E-state index contributed by atoms with van der Waals surface area (Å²) in [6.45, 7) is 1.35. The van der Waals surface area contributed by atoms with Gasteiger partial charge >= 0.3 is 0 Å². The van der Waals surface area contributed by atoms with Crippen LogP contribution in [-0.4, -0.2) is 21.0 Å². The number of carbonyl (C=O) groups excluding carboxylic acids is 1. The molecule has 29 heavy (non-hydrogen) atoms. The van der Waals surface area contributed by atoms with Crippen molar-refractivity contribution in [3.8, 4) is 22.5 Å². The van der Waals surface area contributed by atoms with Crippen molar-refractivity contribution in [2.45, 2.75) is 6.92 Å². The Morgan fingerprint density at radius 1 is 0.966 bits per heavy atom. The number of aromatic nitrogens is 3. The maximum Gasteiger partial charge on any atom is 0.248 e. The molecule has 1 amide bonds. The summed E-state index contributed by atoms with van der Waals surface area (Å²) in [4.78, 5) is 21.9. The summed E-state index contributed by atoms with van der Waals surface area (Å²) in [6, 6.07) is 12.8. The molecule has 4 aromatic rings. The smallest absolute Gasteiger partial charge is 0.248 e. The highest BCUT2D eigenvalue weighted by atomic mass is 19.1. The summed E-state index contributed by atoms with van der Waals surface area (Å²) in [5, 5.41) is 4.11. The van der Waals surface area contributed by atoms with Gasteiger partial charge in [-0.05, 0) is 54.6 Å². The second-order valence-corrected chi connectivity index (χ2v) is 6.14. The normalized spacial score (nSPS) is 10.7. The lowest BCUT2D eigenvalue weighted by atomic mass is 10.0. The summed E-state index contributed by atoms with van der Waals surface area (Å²) in [7, 11) is 0. The molecule has 2 heterocycles. The third-order valence-corrected chi connectivity index (χ3v) is 4.23.